The van der Waals surface area contributed by atoms with Crippen LogP contribution in [0.25, 0.3) is 0 Å². The Bertz CT molecular complexity index is 239. The van der Waals surface area contributed by atoms with Gasteiger partial charge in [-0.1, -0.05) is 12.1 Å². The summed E-state index contributed by atoms with van der Waals surface area (Å²) < 4.78 is 0. The quantitative estimate of drug-likeness (QED) is 0.585. The second kappa shape index (κ2) is 3.64. The van der Waals surface area contributed by atoms with Crippen LogP contribution in [0.3, 0.4) is 0 Å². The monoisotopic (exact) mass is 169 g/mol. The molecule has 0 saturated heterocycles. The van der Waals surface area contributed by atoms with E-state index in [1.807, 2.05) is 6.07 Å². The molecule has 0 heterocycles. The smallest absolute Gasteiger partial charge is 0.115 e. The van der Waals surface area contributed by atoms with E-state index in [1.165, 1.54) is 0 Å². The number of nitrogens with two attached hydrogens (primary N) is 1. The Morgan fingerprint density at radius 1 is 1.55 bits per heavy atom. The fraction of sp³-hybridized carbons (Fsp3) is 0.250. The minimum Gasteiger partial charge on any atom is -0.508 e. The van der Waals surface area contributed by atoms with Crippen molar-refractivity contribution in [3.63, 3.8) is 0 Å². The summed E-state index contributed by atoms with van der Waals surface area (Å²) >= 11 is 4.05. The average molecular weight is 169 g/mol. The summed E-state index contributed by atoms with van der Waals surface area (Å²) in [5, 5.41) is 9.08. The van der Waals surface area contributed by atoms with Gasteiger partial charge in [-0.15, -0.1) is 0 Å². The van der Waals surface area contributed by atoms with Gasteiger partial charge in [-0.3, -0.25) is 0 Å². The van der Waals surface area contributed by atoms with Crippen molar-refractivity contribution in [1.29, 1.82) is 0 Å². The highest BCUT2D eigenvalue weighted by Gasteiger charge is 2.02. The number of hydrogen-bond donors (Lipinski definition) is 3. The molecule has 0 aliphatic rings. The van der Waals surface area contributed by atoms with Crippen LogP contribution in [0.4, 0.5) is 0 Å². The molecular weight excluding hydrogens is 158 g/mol. The van der Waals surface area contributed by atoms with Crippen LogP contribution in [0, 0.1) is 0 Å². The van der Waals surface area contributed by atoms with E-state index in [9.17, 15) is 0 Å². The van der Waals surface area contributed by atoms with Gasteiger partial charge in [0.15, 0.2) is 0 Å². The van der Waals surface area contributed by atoms with Crippen LogP contribution in [-0.4, -0.2) is 10.9 Å². The Kier molecular flexibility index (Phi) is 2.79. The number of rotatable bonds is 2. The highest BCUT2D eigenvalue weighted by atomic mass is 32.1. The molecule has 0 aromatic heterocycles. The standard InChI is InChI=1S/C8H11NOS/c9-8(5-11)6-2-1-3-7(10)4-6/h1-4,8,10-11H,5,9H2. The molecule has 0 aliphatic heterocycles. The largest absolute Gasteiger partial charge is 0.508 e. The maximum absolute atomic E-state index is 9.08. The van der Waals surface area contributed by atoms with E-state index in [4.69, 9.17) is 10.8 Å². The summed E-state index contributed by atoms with van der Waals surface area (Å²) in [5.41, 5.74) is 6.59. The molecule has 1 unspecified atom stereocenters. The first kappa shape index (κ1) is 8.43. The van der Waals surface area contributed by atoms with Crippen LogP contribution >= 0.6 is 12.6 Å². The summed E-state index contributed by atoms with van der Waals surface area (Å²) in [4.78, 5) is 0. The summed E-state index contributed by atoms with van der Waals surface area (Å²) in [7, 11) is 0. The third-order valence-corrected chi connectivity index (χ3v) is 1.89. The van der Waals surface area contributed by atoms with Crippen LogP contribution in [0.15, 0.2) is 24.3 Å². The first-order chi connectivity index (χ1) is 5.24. The fourth-order valence-electron chi connectivity index (χ4n) is 0.861. The molecule has 1 aromatic carbocycles. The van der Waals surface area contributed by atoms with Crippen LogP contribution < -0.4 is 5.73 Å². The predicted octanol–water partition coefficient (Wildman–Crippen LogP) is 1.32. The average Bonchev–Trinajstić information content (AvgIpc) is 2.03. The molecule has 3 N–H and O–H groups in total. The zero-order chi connectivity index (χ0) is 8.27. The van der Waals surface area contributed by atoms with Gasteiger partial charge in [-0.25, -0.2) is 0 Å². The van der Waals surface area contributed by atoms with Crippen molar-refractivity contribution in [1.82, 2.24) is 0 Å². The molecule has 2 nitrogen and oxygen atoms in total. The van der Waals surface area contributed by atoms with Gasteiger partial charge in [0.1, 0.15) is 5.75 Å². The molecule has 0 aliphatic carbocycles. The number of hydrogen-bond acceptors (Lipinski definition) is 3. The van der Waals surface area contributed by atoms with Crippen molar-refractivity contribution >= 4 is 12.6 Å². The van der Waals surface area contributed by atoms with Gasteiger partial charge in [0.2, 0.25) is 0 Å². The molecule has 0 fully saturated rings. The van der Waals surface area contributed by atoms with Gasteiger partial charge < -0.3 is 10.8 Å². The Labute approximate surface area is 71.5 Å². The molecular formula is C8H11NOS. The van der Waals surface area contributed by atoms with E-state index in [0.29, 0.717) is 5.75 Å². The van der Waals surface area contributed by atoms with Crippen molar-refractivity contribution in [2.45, 2.75) is 6.04 Å². The van der Waals surface area contributed by atoms with Crippen LogP contribution in [0.5, 0.6) is 5.75 Å². The van der Waals surface area contributed by atoms with Gasteiger partial charge >= 0.3 is 0 Å². The van der Waals surface area contributed by atoms with Crippen LogP contribution in [0.1, 0.15) is 11.6 Å². The topological polar surface area (TPSA) is 46.2 Å². The maximum Gasteiger partial charge on any atom is 0.115 e. The lowest BCUT2D eigenvalue weighted by molar-refractivity contribution is 0.474. The zero-order valence-corrected chi connectivity index (χ0v) is 6.96. The minimum atomic E-state index is -0.0922. The number of phenols is 1. The van der Waals surface area contributed by atoms with Gasteiger partial charge in [0.25, 0.3) is 0 Å². The minimum absolute atomic E-state index is 0.0922. The van der Waals surface area contributed by atoms with Crippen molar-refractivity contribution < 1.29 is 5.11 Å². The molecule has 0 radical (unpaired) electrons. The second-order valence-electron chi connectivity index (χ2n) is 2.38. The van der Waals surface area contributed by atoms with E-state index in [0.717, 1.165) is 5.56 Å². The molecule has 60 valence electrons. The van der Waals surface area contributed by atoms with Crippen molar-refractivity contribution in [2.24, 2.45) is 5.73 Å². The highest BCUT2D eigenvalue weighted by Crippen LogP contribution is 2.16. The Morgan fingerprint density at radius 3 is 2.82 bits per heavy atom. The molecule has 11 heavy (non-hydrogen) atoms. The number of thiol groups is 1. The summed E-state index contributed by atoms with van der Waals surface area (Å²) in [5.74, 6) is 0.837. The van der Waals surface area contributed by atoms with Crippen molar-refractivity contribution in [2.75, 3.05) is 5.75 Å². The van der Waals surface area contributed by atoms with Crippen molar-refractivity contribution in [3.05, 3.63) is 29.8 Å². The Morgan fingerprint density at radius 2 is 2.27 bits per heavy atom. The maximum atomic E-state index is 9.08. The fourth-order valence-corrected chi connectivity index (χ4v) is 1.07. The van der Waals surface area contributed by atoms with E-state index >= 15 is 0 Å². The Hall–Kier alpha value is -0.670. The molecule has 0 amide bonds. The van der Waals surface area contributed by atoms with Crippen LogP contribution in [0.2, 0.25) is 0 Å². The zero-order valence-electron chi connectivity index (χ0n) is 6.07. The third-order valence-electron chi connectivity index (χ3n) is 1.50. The lowest BCUT2D eigenvalue weighted by atomic mass is 10.1. The normalized spacial score (nSPS) is 12.9. The highest BCUT2D eigenvalue weighted by molar-refractivity contribution is 7.80. The van der Waals surface area contributed by atoms with Gasteiger partial charge in [-0.05, 0) is 17.7 Å². The van der Waals surface area contributed by atoms with E-state index in [-0.39, 0.29) is 11.8 Å². The molecule has 1 aromatic rings. The SMILES string of the molecule is NC(CS)c1cccc(O)c1. The molecule has 1 rings (SSSR count). The first-order valence-electron chi connectivity index (χ1n) is 3.39. The lowest BCUT2D eigenvalue weighted by Crippen LogP contribution is -2.11. The number of phenolic OH excluding ortho intramolecular Hbond substituents is 1. The van der Waals surface area contributed by atoms with Gasteiger partial charge in [0, 0.05) is 11.8 Å². The molecule has 0 spiro atoms. The molecule has 3 heteroatoms. The molecule has 0 saturated carbocycles. The van der Waals surface area contributed by atoms with Crippen molar-refractivity contribution in [3.8, 4) is 5.75 Å². The number of aromatic hydroxyl groups is 1. The predicted molar refractivity (Wildman–Crippen MR) is 48.9 cm³/mol. The third kappa shape index (κ3) is 2.13. The van der Waals surface area contributed by atoms with E-state index in [1.54, 1.807) is 18.2 Å². The van der Waals surface area contributed by atoms with E-state index in [2.05, 4.69) is 12.6 Å². The first-order valence-corrected chi connectivity index (χ1v) is 4.02. The van der Waals surface area contributed by atoms with Crippen LogP contribution in [-0.2, 0) is 0 Å². The molecule has 0 bridgehead atoms. The van der Waals surface area contributed by atoms with E-state index < -0.39 is 0 Å². The Balaban J connectivity index is 2.86. The molecule has 1 atom stereocenters. The lowest BCUT2D eigenvalue weighted by Gasteiger charge is -2.07. The summed E-state index contributed by atoms with van der Waals surface area (Å²) in [6.45, 7) is 0. The van der Waals surface area contributed by atoms with Gasteiger partial charge in [-0.2, -0.15) is 12.6 Å². The second-order valence-corrected chi connectivity index (χ2v) is 2.75. The van der Waals surface area contributed by atoms with Gasteiger partial charge in [0.05, 0.1) is 0 Å². The number of benzene rings is 1. The summed E-state index contributed by atoms with van der Waals surface area (Å²) in [6.07, 6.45) is 0. The summed E-state index contributed by atoms with van der Waals surface area (Å²) in [6, 6.07) is 6.83.